The molecular weight excluding hydrogens is 226 g/mol. The number of likely N-dealkylation sites (N-methyl/N-ethyl adjacent to an activating group) is 1. The smallest absolute Gasteiger partial charge is 0.310 e. The van der Waals surface area contributed by atoms with Crippen LogP contribution in [0.4, 0.5) is 8.78 Å². The van der Waals surface area contributed by atoms with Crippen molar-refractivity contribution in [2.24, 2.45) is 0 Å². The number of hydrogen-bond acceptors (Lipinski definition) is 3. The van der Waals surface area contributed by atoms with Gasteiger partial charge >= 0.3 is 6.55 Å². The molecule has 1 N–H and O–H groups in total. The van der Waals surface area contributed by atoms with Gasteiger partial charge < -0.3 is 10.2 Å². The number of rotatable bonds is 8. The third-order valence-corrected chi connectivity index (χ3v) is 2.74. The Morgan fingerprint density at radius 3 is 2.71 bits per heavy atom. The fraction of sp³-hybridized carbons (Fsp3) is 0.727. The zero-order valence-electron chi connectivity index (χ0n) is 10.4. The number of halogens is 2. The first-order valence-corrected chi connectivity index (χ1v) is 5.92. The molecule has 1 aromatic heterocycles. The fourth-order valence-corrected chi connectivity index (χ4v) is 1.65. The monoisotopic (exact) mass is 246 g/mol. The summed E-state index contributed by atoms with van der Waals surface area (Å²) in [6.45, 7) is 5.80. The molecule has 0 amide bonds. The summed E-state index contributed by atoms with van der Waals surface area (Å²) in [5, 5.41) is 6.72. The van der Waals surface area contributed by atoms with Crippen molar-refractivity contribution in [1.29, 1.82) is 0 Å². The van der Waals surface area contributed by atoms with Crippen LogP contribution in [-0.2, 0) is 6.54 Å². The Bertz CT molecular complexity index is 310. The average molecular weight is 246 g/mol. The molecule has 0 saturated carbocycles. The van der Waals surface area contributed by atoms with Gasteiger partial charge in [-0.2, -0.15) is 13.9 Å². The summed E-state index contributed by atoms with van der Waals surface area (Å²) in [6.07, 6.45) is 1.40. The zero-order valence-corrected chi connectivity index (χ0v) is 10.4. The second-order valence-electron chi connectivity index (χ2n) is 3.75. The summed E-state index contributed by atoms with van der Waals surface area (Å²) in [6, 6.07) is 1.61. The van der Waals surface area contributed by atoms with Gasteiger partial charge in [-0.25, -0.2) is 4.68 Å². The van der Waals surface area contributed by atoms with E-state index in [0.717, 1.165) is 30.9 Å². The lowest BCUT2D eigenvalue weighted by Gasteiger charge is -2.18. The van der Waals surface area contributed by atoms with Crippen LogP contribution < -0.4 is 5.32 Å². The Labute approximate surface area is 101 Å². The van der Waals surface area contributed by atoms with Crippen molar-refractivity contribution in [1.82, 2.24) is 20.0 Å². The van der Waals surface area contributed by atoms with E-state index in [9.17, 15) is 8.78 Å². The van der Waals surface area contributed by atoms with E-state index in [2.05, 4.69) is 29.2 Å². The van der Waals surface area contributed by atoms with Gasteiger partial charge in [-0.15, -0.1) is 0 Å². The minimum atomic E-state index is -2.57. The molecule has 1 heterocycles. The molecule has 6 heteroatoms. The molecule has 0 bridgehead atoms. The largest absolute Gasteiger partial charge is 0.333 e. The van der Waals surface area contributed by atoms with Crippen molar-refractivity contribution in [3.05, 3.63) is 18.0 Å². The molecule has 0 fully saturated rings. The molecule has 0 atom stereocenters. The lowest BCUT2D eigenvalue weighted by atomic mass is 10.4. The fourth-order valence-electron chi connectivity index (χ4n) is 1.65. The van der Waals surface area contributed by atoms with Crippen LogP contribution in [0.3, 0.4) is 0 Å². The first-order valence-electron chi connectivity index (χ1n) is 5.92. The molecule has 0 saturated heterocycles. The molecule has 0 radical (unpaired) electrons. The van der Waals surface area contributed by atoms with E-state index in [4.69, 9.17) is 0 Å². The van der Waals surface area contributed by atoms with E-state index in [0.29, 0.717) is 12.2 Å². The molecule has 98 valence electrons. The highest BCUT2D eigenvalue weighted by Gasteiger charge is 2.10. The minimum Gasteiger partial charge on any atom is -0.310 e. The molecule has 1 rings (SSSR count). The second kappa shape index (κ2) is 7.34. The maximum Gasteiger partial charge on any atom is 0.333 e. The van der Waals surface area contributed by atoms with Gasteiger partial charge in [0.25, 0.3) is 0 Å². The van der Waals surface area contributed by atoms with Gasteiger partial charge in [0.2, 0.25) is 0 Å². The lowest BCUT2D eigenvalue weighted by molar-refractivity contribution is 0.0531. The van der Waals surface area contributed by atoms with Gasteiger partial charge in [-0.05, 0) is 19.2 Å². The number of nitrogens with one attached hydrogen (secondary N) is 1. The normalized spacial score (nSPS) is 11.6. The van der Waals surface area contributed by atoms with Crippen LogP contribution in [0.25, 0.3) is 0 Å². The van der Waals surface area contributed by atoms with Crippen molar-refractivity contribution in [3.63, 3.8) is 0 Å². The van der Waals surface area contributed by atoms with Crippen molar-refractivity contribution >= 4 is 0 Å². The van der Waals surface area contributed by atoms with Gasteiger partial charge in [0.15, 0.2) is 0 Å². The van der Waals surface area contributed by atoms with Gasteiger partial charge in [-0.3, -0.25) is 0 Å². The van der Waals surface area contributed by atoms with Gasteiger partial charge in [0.05, 0.1) is 5.69 Å². The molecule has 17 heavy (non-hydrogen) atoms. The Balaban J connectivity index is 2.28. The van der Waals surface area contributed by atoms with Crippen LogP contribution in [0.5, 0.6) is 0 Å². The number of nitrogens with zero attached hydrogens (tertiary/aromatic N) is 3. The Morgan fingerprint density at radius 2 is 2.12 bits per heavy atom. The van der Waals surface area contributed by atoms with Crippen molar-refractivity contribution in [3.8, 4) is 0 Å². The third kappa shape index (κ3) is 4.40. The van der Waals surface area contributed by atoms with E-state index >= 15 is 0 Å². The molecule has 0 aromatic carbocycles. The number of hydrogen-bond donors (Lipinski definition) is 1. The summed E-state index contributed by atoms with van der Waals surface area (Å²) in [7, 11) is 0. The van der Waals surface area contributed by atoms with Gasteiger partial charge in [-0.1, -0.05) is 13.8 Å². The number of alkyl halides is 2. The average Bonchev–Trinajstić information content (AvgIpc) is 2.78. The Hall–Kier alpha value is -1.01. The van der Waals surface area contributed by atoms with Crippen molar-refractivity contribution in [2.45, 2.75) is 26.9 Å². The SMILES string of the molecule is CCN(CC)CCNCc1ccnn1C(F)F. The van der Waals surface area contributed by atoms with E-state index in [-0.39, 0.29) is 0 Å². The van der Waals surface area contributed by atoms with E-state index < -0.39 is 6.55 Å². The standard InChI is InChI=1S/C11H20F2N4/c1-3-16(4-2)8-7-14-9-10-5-6-15-17(10)11(12)13/h5-6,11,14H,3-4,7-9H2,1-2H3. The second-order valence-corrected chi connectivity index (χ2v) is 3.75. The summed E-state index contributed by atoms with van der Waals surface area (Å²) in [5.74, 6) is 0. The Kier molecular flexibility index (Phi) is 6.07. The van der Waals surface area contributed by atoms with E-state index in [1.807, 2.05) is 0 Å². The Morgan fingerprint density at radius 1 is 1.41 bits per heavy atom. The molecule has 1 aromatic rings. The first kappa shape index (κ1) is 14.1. The quantitative estimate of drug-likeness (QED) is 0.709. The van der Waals surface area contributed by atoms with Gasteiger partial charge in [0.1, 0.15) is 0 Å². The molecule has 0 spiro atoms. The minimum absolute atomic E-state index is 0.422. The molecule has 0 unspecified atom stereocenters. The zero-order chi connectivity index (χ0) is 12.7. The highest BCUT2D eigenvalue weighted by atomic mass is 19.3. The lowest BCUT2D eigenvalue weighted by Crippen LogP contribution is -2.32. The van der Waals surface area contributed by atoms with Crippen molar-refractivity contribution < 1.29 is 8.78 Å². The van der Waals surface area contributed by atoms with Crippen LogP contribution in [-0.4, -0.2) is 40.9 Å². The molecule has 0 aliphatic rings. The highest BCUT2D eigenvalue weighted by Crippen LogP contribution is 2.11. The van der Waals surface area contributed by atoms with E-state index in [1.54, 1.807) is 6.07 Å². The predicted molar refractivity (Wildman–Crippen MR) is 63.0 cm³/mol. The topological polar surface area (TPSA) is 33.1 Å². The van der Waals surface area contributed by atoms with Crippen LogP contribution in [0.2, 0.25) is 0 Å². The highest BCUT2D eigenvalue weighted by molar-refractivity contribution is 5.00. The summed E-state index contributed by atoms with van der Waals surface area (Å²) < 4.78 is 25.7. The number of aromatic nitrogens is 2. The third-order valence-electron chi connectivity index (χ3n) is 2.74. The van der Waals surface area contributed by atoms with Crippen LogP contribution in [0, 0.1) is 0 Å². The molecule has 0 aliphatic heterocycles. The maximum absolute atomic E-state index is 12.5. The summed E-state index contributed by atoms with van der Waals surface area (Å²) in [5.41, 5.74) is 0.513. The predicted octanol–water partition coefficient (Wildman–Crippen LogP) is 1.71. The first-order chi connectivity index (χ1) is 8.19. The summed E-state index contributed by atoms with van der Waals surface area (Å²) >= 11 is 0. The van der Waals surface area contributed by atoms with Crippen LogP contribution >= 0.6 is 0 Å². The maximum atomic E-state index is 12.5. The molecular formula is C11H20F2N4. The molecule has 0 aliphatic carbocycles. The summed E-state index contributed by atoms with van der Waals surface area (Å²) in [4.78, 5) is 2.28. The van der Waals surface area contributed by atoms with E-state index in [1.165, 1.54) is 6.20 Å². The van der Waals surface area contributed by atoms with Gasteiger partial charge in [0, 0.05) is 25.8 Å². The van der Waals surface area contributed by atoms with Crippen LogP contribution in [0.15, 0.2) is 12.3 Å². The van der Waals surface area contributed by atoms with Crippen LogP contribution in [0.1, 0.15) is 26.1 Å². The molecule has 4 nitrogen and oxygen atoms in total. The van der Waals surface area contributed by atoms with Crippen molar-refractivity contribution in [2.75, 3.05) is 26.2 Å².